The number of hydrogen-bond acceptors (Lipinski definition) is 4. The van der Waals surface area contributed by atoms with Gasteiger partial charge in [-0.2, -0.15) is 0 Å². The Balaban J connectivity index is 1.43. The molecule has 32 heavy (non-hydrogen) atoms. The molecule has 5 heteroatoms. The van der Waals surface area contributed by atoms with Crippen LogP contribution in [0.5, 0.6) is 5.75 Å². The zero-order valence-corrected chi connectivity index (χ0v) is 18.7. The first-order valence-electron chi connectivity index (χ1n) is 10.8. The monoisotopic (exact) mass is 445 g/mol. The average Bonchev–Trinajstić information content (AvgIpc) is 2.82. The minimum atomic E-state index is -0.273. The van der Waals surface area contributed by atoms with Crippen LogP contribution in [0.4, 0.5) is 0 Å². The van der Waals surface area contributed by atoms with Gasteiger partial charge in [-0.05, 0) is 54.3 Å². The molecule has 0 N–H and O–H groups in total. The normalized spacial score (nSPS) is 13.7. The molecule has 162 valence electrons. The number of aryl methyl sites for hydroxylation is 1. The zero-order valence-electron chi connectivity index (χ0n) is 17.9. The molecule has 0 saturated carbocycles. The summed E-state index contributed by atoms with van der Waals surface area (Å²) in [5, 5.41) is 1.71. The van der Waals surface area contributed by atoms with Gasteiger partial charge in [0.05, 0.1) is 5.56 Å². The summed E-state index contributed by atoms with van der Waals surface area (Å²) in [6.07, 6.45) is 1.45. The Morgan fingerprint density at radius 2 is 1.75 bits per heavy atom. The maximum Gasteiger partial charge on any atom is 0.340 e. The first kappa shape index (κ1) is 20.8. The summed E-state index contributed by atoms with van der Waals surface area (Å²) in [6, 6.07) is 21.9. The van der Waals surface area contributed by atoms with Crippen molar-refractivity contribution in [2.24, 2.45) is 0 Å². The highest BCUT2D eigenvalue weighted by Crippen LogP contribution is 2.34. The Bertz CT molecular complexity index is 1310. The molecule has 4 aromatic rings. The summed E-state index contributed by atoms with van der Waals surface area (Å²) < 4.78 is 11.9. The largest absolute Gasteiger partial charge is 0.478 e. The molecule has 0 unspecified atom stereocenters. The SMILES string of the molecule is Cc1c(Cc2ccccc2)c(=O)oc2c3c(ccc12)OCN(CCc1ccc(Cl)cc1)C3. The Morgan fingerprint density at radius 3 is 2.53 bits per heavy atom. The minimum Gasteiger partial charge on any atom is -0.478 e. The minimum absolute atomic E-state index is 0.273. The molecule has 0 amide bonds. The second-order valence-electron chi connectivity index (χ2n) is 8.28. The first-order chi connectivity index (χ1) is 15.6. The van der Waals surface area contributed by atoms with Crippen molar-refractivity contribution in [2.45, 2.75) is 26.3 Å². The van der Waals surface area contributed by atoms with Crippen LogP contribution in [0.3, 0.4) is 0 Å². The van der Waals surface area contributed by atoms with Gasteiger partial charge in [0.15, 0.2) is 0 Å². The molecule has 0 saturated heterocycles. The second-order valence-corrected chi connectivity index (χ2v) is 8.71. The van der Waals surface area contributed by atoms with Gasteiger partial charge in [-0.25, -0.2) is 4.79 Å². The van der Waals surface area contributed by atoms with E-state index in [1.165, 1.54) is 5.56 Å². The lowest BCUT2D eigenvalue weighted by Gasteiger charge is -2.29. The van der Waals surface area contributed by atoms with Crippen molar-refractivity contribution < 1.29 is 9.15 Å². The van der Waals surface area contributed by atoms with Crippen molar-refractivity contribution in [3.8, 4) is 5.75 Å². The third kappa shape index (κ3) is 4.16. The summed E-state index contributed by atoms with van der Waals surface area (Å²) >= 11 is 5.99. The highest BCUT2D eigenvalue weighted by molar-refractivity contribution is 6.30. The van der Waals surface area contributed by atoms with Crippen LogP contribution in [-0.2, 0) is 19.4 Å². The number of fused-ring (bicyclic) bond motifs is 3. The van der Waals surface area contributed by atoms with Crippen molar-refractivity contribution >= 4 is 22.6 Å². The fourth-order valence-electron chi connectivity index (χ4n) is 4.29. The molecular formula is C27H24ClNO3. The summed E-state index contributed by atoms with van der Waals surface area (Å²) in [7, 11) is 0. The highest BCUT2D eigenvalue weighted by Gasteiger charge is 2.23. The maximum absolute atomic E-state index is 12.9. The van der Waals surface area contributed by atoms with Crippen molar-refractivity contribution in [3.63, 3.8) is 0 Å². The molecule has 4 nitrogen and oxygen atoms in total. The van der Waals surface area contributed by atoms with Gasteiger partial charge in [0, 0.05) is 35.5 Å². The lowest BCUT2D eigenvalue weighted by Crippen LogP contribution is -2.33. The molecular weight excluding hydrogens is 422 g/mol. The highest BCUT2D eigenvalue weighted by atomic mass is 35.5. The van der Waals surface area contributed by atoms with E-state index in [2.05, 4.69) is 4.90 Å². The fraction of sp³-hybridized carbons (Fsp3) is 0.222. The van der Waals surface area contributed by atoms with Crippen molar-refractivity contribution in [1.82, 2.24) is 4.90 Å². The summed E-state index contributed by atoms with van der Waals surface area (Å²) in [4.78, 5) is 15.2. The van der Waals surface area contributed by atoms with Crippen molar-refractivity contribution in [1.29, 1.82) is 0 Å². The van der Waals surface area contributed by atoms with Crippen molar-refractivity contribution in [3.05, 3.63) is 110 Å². The van der Waals surface area contributed by atoms with Crippen LogP contribution in [0.15, 0.2) is 75.9 Å². The molecule has 1 aliphatic heterocycles. The molecule has 0 radical (unpaired) electrons. The van der Waals surface area contributed by atoms with E-state index in [9.17, 15) is 4.79 Å². The maximum atomic E-state index is 12.9. The molecule has 0 aliphatic carbocycles. The fourth-order valence-corrected chi connectivity index (χ4v) is 4.42. The van der Waals surface area contributed by atoms with Gasteiger partial charge in [-0.1, -0.05) is 54.1 Å². The third-order valence-corrected chi connectivity index (χ3v) is 6.41. The number of hydrogen-bond donors (Lipinski definition) is 0. The van der Waals surface area contributed by atoms with Gasteiger partial charge in [-0.3, -0.25) is 4.90 Å². The van der Waals surface area contributed by atoms with E-state index >= 15 is 0 Å². The predicted molar refractivity (Wildman–Crippen MR) is 128 cm³/mol. The molecule has 1 aliphatic rings. The van der Waals surface area contributed by atoms with Gasteiger partial charge in [-0.15, -0.1) is 0 Å². The molecule has 3 aromatic carbocycles. The Kier molecular flexibility index (Phi) is 5.73. The average molecular weight is 446 g/mol. The Labute approximate surface area is 192 Å². The number of ether oxygens (including phenoxy) is 1. The van der Waals surface area contributed by atoms with Crippen LogP contribution in [0.1, 0.15) is 27.8 Å². The van der Waals surface area contributed by atoms with Crippen molar-refractivity contribution in [2.75, 3.05) is 13.3 Å². The smallest absolute Gasteiger partial charge is 0.340 e. The zero-order chi connectivity index (χ0) is 22.1. The first-order valence-corrected chi connectivity index (χ1v) is 11.2. The van der Waals surface area contributed by atoms with Gasteiger partial charge < -0.3 is 9.15 Å². The van der Waals surface area contributed by atoms with Crippen LogP contribution in [0.25, 0.3) is 11.0 Å². The lowest BCUT2D eigenvalue weighted by molar-refractivity contribution is 0.0967. The Morgan fingerprint density at radius 1 is 0.969 bits per heavy atom. The van der Waals surface area contributed by atoms with Crippen LogP contribution < -0.4 is 10.4 Å². The van der Waals surface area contributed by atoms with Gasteiger partial charge in [0.25, 0.3) is 0 Å². The van der Waals surface area contributed by atoms with Crippen LogP contribution >= 0.6 is 11.6 Å². The van der Waals surface area contributed by atoms with Crippen LogP contribution in [-0.4, -0.2) is 18.2 Å². The van der Waals surface area contributed by atoms with E-state index in [1.54, 1.807) is 0 Å². The molecule has 1 aromatic heterocycles. The Hall–Kier alpha value is -3.08. The van der Waals surface area contributed by atoms with Crippen LogP contribution in [0, 0.1) is 6.92 Å². The van der Waals surface area contributed by atoms with E-state index < -0.39 is 0 Å². The number of rotatable bonds is 5. The summed E-state index contributed by atoms with van der Waals surface area (Å²) in [5.74, 6) is 0.790. The molecule has 0 atom stereocenters. The molecule has 0 fully saturated rings. The number of benzene rings is 3. The topological polar surface area (TPSA) is 42.7 Å². The van der Waals surface area contributed by atoms with E-state index in [1.807, 2.05) is 73.7 Å². The van der Waals surface area contributed by atoms with Gasteiger partial charge in [0.1, 0.15) is 18.1 Å². The summed E-state index contributed by atoms with van der Waals surface area (Å²) in [6.45, 7) is 4.04. The molecule has 0 spiro atoms. The summed E-state index contributed by atoms with van der Waals surface area (Å²) in [5.41, 5.74) is 5.31. The van der Waals surface area contributed by atoms with E-state index in [4.69, 9.17) is 20.8 Å². The third-order valence-electron chi connectivity index (χ3n) is 6.15. The van der Waals surface area contributed by atoms with E-state index in [-0.39, 0.29) is 5.63 Å². The number of halogens is 1. The molecule has 5 rings (SSSR count). The predicted octanol–water partition coefficient (Wildman–Crippen LogP) is 5.74. The standard InChI is InChI=1S/C27H24ClNO3/c1-18-22-11-12-25-24(16-29(17-31-25)14-13-19-7-9-21(28)10-8-19)26(22)32-27(30)23(18)15-20-5-3-2-4-6-20/h2-12H,13-17H2,1H3. The van der Waals surface area contributed by atoms with Crippen LogP contribution in [0.2, 0.25) is 5.02 Å². The quantitative estimate of drug-likeness (QED) is 0.367. The number of nitrogens with zero attached hydrogens (tertiary/aromatic N) is 1. The molecule has 2 heterocycles. The van der Waals surface area contributed by atoms with Gasteiger partial charge in [0.2, 0.25) is 0 Å². The lowest BCUT2D eigenvalue weighted by atomic mass is 9.97. The van der Waals surface area contributed by atoms with E-state index in [0.29, 0.717) is 30.8 Å². The molecule has 0 bridgehead atoms. The van der Waals surface area contributed by atoms with Gasteiger partial charge >= 0.3 is 5.63 Å². The second kappa shape index (κ2) is 8.81. The van der Waals surface area contributed by atoms with E-state index in [0.717, 1.165) is 45.8 Å².